The van der Waals surface area contributed by atoms with E-state index in [1.807, 2.05) is 31.2 Å². The van der Waals surface area contributed by atoms with Gasteiger partial charge in [-0.1, -0.05) is 12.1 Å². The molecule has 0 aromatic heterocycles. The number of hydrogen-bond donors (Lipinski definition) is 2. The largest absolute Gasteiger partial charge is 0.492 e. The molecule has 0 spiro atoms. The molecular formula is C12H15NO4. The van der Waals surface area contributed by atoms with Crippen LogP contribution in [0.4, 0.5) is 0 Å². The quantitative estimate of drug-likeness (QED) is 0.571. The van der Waals surface area contributed by atoms with Gasteiger partial charge in [0.05, 0.1) is 6.54 Å². The Morgan fingerprint density at radius 2 is 2.18 bits per heavy atom. The minimum atomic E-state index is -1.14. The van der Waals surface area contributed by atoms with Crippen LogP contribution in [-0.4, -0.2) is 30.1 Å². The highest BCUT2D eigenvalue weighted by molar-refractivity contribution is 5.93. The van der Waals surface area contributed by atoms with Crippen molar-refractivity contribution in [3.8, 4) is 5.75 Å². The zero-order valence-corrected chi connectivity index (χ0v) is 9.60. The van der Waals surface area contributed by atoms with E-state index in [0.717, 1.165) is 11.3 Å². The lowest BCUT2D eigenvalue weighted by atomic mass is 10.2. The molecular weight excluding hydrogens is 222 g/mol. The standard InChI is InChI=1S/C12H15NO4/c1-9-3-2-4-10(7-9)17-6-5-13-11(14)8-12(15)16/h2-4,7H,5-6,8H2,1H3,(H,13,14)(H,15,16). The number of hydrogen-bond acceptors (Lipinski definition) is 3. The summed E-state index contributed by atoms with van der Waals surface area (Å²) in [6.45, 7) is 2.57. The number of aliphatic carboxylic acids is 1. The van der Waals surface area contributed by atoms with Crippen LogP contribution >= 0.6 is 0 Å². The summed E-state index contributed by atoms with van der Waals surface area (Å²) in [6.07, 6.45) is -0.509. The van der Waals surface area contributed by atoms with Crippen molar-refractivity contribution in [3.05, 3.63) is 29.8 Å². The summed E-state index contributed by atoms with van der Waals surface area (Å²) in [5, 5.41) is 10.8. The Morgan fingerprint density at radius 1 is 1.41 bits per heavy atom. The Hall–Kier alpha value is -2.04. The van der Waals surface area contributed by atoms with Gasteiger partial charge >= 0.3 is 5.97 Å². The van der Waals surface area contributed by atoms with Crippen molar-refractivity contribution in [1.29, 1.82) is 0 Å². The molecule has 1 aromatic rings. The maximum Gasteiger partial charge on any atom is 0.312 e. The summed E-state index contributed by atoms with van der Waals surface area (Å²) < 4.78 is 5.38. The van der Waals surface area contributed by atoms with Gasteiger partial charge in [-0.05, 0) is 24.6 Å². The zero-order chi connectivity index (χ0) is 12.7. The van der Waals surface area contributed by atoms with Crippen LogP contribution in [-0.2, 0) is 9.59 Å². The highest BCUT2D eigenvalue weighted by atomic mass is 16.5. The molecule has 92 valence electrons. The van der Waals surface area contributed by atoms with Crippen LogP contribution in [0.5, 0.6) is 5.75 Å². The third-order valence-electron chi connectivity index (χ3n) is 1.99. The highest BCUT2D eigenvalue weighted by Gasteiger charge is 2.05. The number of ether oxygens (including phenoxy) is 1. The second-order valence-electron chi connectivity index (χ2n) is 3.59. The van der Waals surface area contributed by atoms with E-state index in [1.54, 1.807) is 0 Å². The number of rotatable bonds is 6. The molecule has 0 radical (unpaired) electrons. The first-order valence-corrected chi connectivity index (χ1v) is 5.26. The molecule has 1 rings (SSSR count). The molecule has 5 nitrogen and oxygen atoms in total. The Morgan fingerprint density at radius 3 is 2.82 bits per heavy atom. The molecule has 0 unspecified atom stereocenters. The van der Waals surface area contributed by atoms with Gasteiger partial charge in [0.15, 0.2) is 0 Å². The second-order valence-corrected chi connectivity index (χ2v) is 3.59. The molecule has 0 atom stereocenters. The number of carbonyl (C=O) groups excluding carboxylic acids is 1. The molecule has 0 fully saturated rings. The number of carboxylic acids is 1. The maximum absolute atomic E-state index is 11.0. The molecule has 5 heteroatoms. The van der Waals surface area contributed by atoms with Crippen molar-refractivity contribution in [1.82, 2.24) is 5.32 Å². The van der Waals surface area contributed by atoms with Crippen LogP contribution in [0.1, 0.15) is 12.0 Å². The first-order valence-electron chi connectivity index (χ1n) is 5.26. The number of nitrogens with one attached hydrogen (secondary N) is 1. The van der Waals surface area contributed by atoms with E-state index in [9.17, 15) is 9.59 Å². The highest BCUT2D eigenvalue weighted by Crippen LogP contribution is 2.11. The van der Waals surface area contributed by atoms with E-state index < -0.39 is 18.3 Å². The van der Waals surface area contributed by atoms with Gasteiger partial charge in [-0.15, -0.1) is 0 Å². The van der Waals surface area contributed by atoms with E-state index in [2.05, 4.69) is 5.32 Å². The molecule has 0 aliphatic rings. The lowest BCUT2D eigenvalue weighted by Crippen LogP contribution is -2.29. The van der Waals surface area contributed by atoms with Crippen LogP contribution < -0.4 is 10.1 Å². The molecule has 0 saturated heterocycles. The van der Waals surface area contributed by atoms with Crippen LogP contribution in [0, 0.1) is 6.92 Å². The Kier molecular flexibility index (Phi) is 5.00. The Labute approximate surface area is 99.4 Å². The molecule has 0 bridgehead atoms. The van der Waals surface area contributed by atoms with Gasteiger partial charge in [0, 0.05) is 0 Å². The Balaban J connectivity index is 2.20. The second kappa shape index (κ2) is 6.52. The SMILES string of the molecule is Cc1cccc(OCCNC(=O)CC(=O)O)c1. The minimum absolute atomic E-state index is 0.292. The van der Waals surface area contributed by atoms with Crippen LogP contribution in [0.25, 0.3) is 0 Å². The molecule has 1 amide bonds. The molecule has 2 N–H and O–H groups in total. The number of carboxylic acid groups (broad SMARTS) is 1. The fourth-order valence-electron chi connectivity index (χ4n) is 1.26. The summed E-state index contributed by atoms with van der Waals surface area (Å²) in [7, 11) is 0. The van der Waals surface area contributed by atoms with Gasteiger partial charge in [0.1, 0.15) is 18.8 Å². The van der Waals surface area contributed by atoms with Crippen molar-refractivity contribution in [2.24, 2.45) is 0 Å². The number of carbonyl (C=O) groups is 2. The van der Waals surface area contributed by atoms with Crippen molar-refractivity contribution in [3.63, 3.8) is 0 Å². The topological polar surface area (TPSA) is 75.6 Å². The predicted octanol–water partition coefficient (Wildman–Crippen LogP) is 0.965. The zero-order valence-electron chi connectivity index (χ0n) is 9.60. The average molecular weight is 237 g/mol. The van der Waals surface area contributed by atoms with E-state index in [4.69, 9.17) is 9.84 Å². The van der Waals surface area contributed by atoms with Gasteiger partial charge in [-0.3, -0.25) is 9.59 Å². The molecule has 1 aromatic carbocycles. The van der Waals surface area contributed by atoms with Gasteiger partial charge < -0.3 is 15.2 Å². The number of amides is 1. The third-order valence-corrected chi connectivity index (χ3v) is 1.99. The average Bonchev–Trinajstić information content (AvgIpc) is 2.23. The molecule has 0 aliphatic carbocycles. The number of benzene rings is 1. The van der Waals surface area contributed by atoms with E-state index in [-0.39, 0.29) is 0 Å². The first kappa shape index (κ1) is 13.0. The normalized spacial score (nSPS) is 9.71. The lowest BCUT2D eigenvalue weighted by Gasteiger charge is -2.07. The lowest BCUT2D eigenvalue weighted by molar-refractivity contribution is -0.140. The smallest absolute Gasteiger partial charge is 0.312 e. The molecule has 0 heterocycles. The van der Waals surface area contributed by atoms with Crippen LogP contribution in [0.15, 0.2) is 24.3 Å². The van der Waals surface area contributed by atoms with Crippen molar-refractivity contribution >= 4 is 11.9 Å². The van der Waals surface area contributed by atoms with Gasteiger partial charge in [-0.2, -0.15) is 0 Å². The molecule has 0 saturated carbocycles. The van der Waals surface area contributed by atoms with Gasteiger partial charge in [0.2, 0.25) is 5.91 Å². The van der Waals surface area contributed by atoms with Gasteiger partial charge in [-0.25, -0.2) is 0 Å². The van der Waals surface area contributed by atoms with Crippen LogP contribution in [0.2, 0.25) is 0 Å². The van der Waals surface area contributed by atoms with E-state index in [0.29, 0.717) is 13.2 Å². The Bertz CT molecular complexity index is 403. The fraction of sp³-hybridized carbons (Fsp3) is 0.333. The minimum Gasteiger partial charge on any atom is -0.492 e. The van der Waals surface area contributed by atoms with Crippen molar-refractivity contribution < 1.29 is 19.4 Å². The monoisotopic (exact) mass is 237 g/mol. The third kappa shape index (κ3) is 5.55. The summed E-state index contributed by atoms with van der Waals surface area (Å²) in [6, 6.07) is 7.56. The maximum atomic E-state index is 11.0. The summed E-state index contributed by atoms with van der Waals surface area (Å²) in [4.78, 5) is 21.2. The predicted molar refractivity (Wildman–Crippen MR) is 61.9 cm³/mol. The molecule has 0 aliphatic heterocycles. The van der Waals surface area contributed by atoms with Crippen molar-refractivity contribution in [2.75, 3.05) is 13.2 Å². The van der Waals surface area contributed by atoms with E-state index >= 15 is 0 Å². The molecule has 17 heavy (non-hydrogen) atoms. The summed E-state index contributed by atoms with van der Waals surface area (Å²) in [5.74, 6) is -0.912. The van der Waals surface area contributed by atoms with Crippen LogP contribution in [0.3, 0.4) is 0 Å². The van der Waals surface area contributed by atoms with Crippen molar-refractivity contribution in [2.45, 2.75) is 13.3 Å². The van der Waals surface area contributed by atoms with Gasteiger partial charge in [0.25, 0.3) is 0 Å². The summed E-state index contributed by atoms with van der Waals surface area (Å²) >= 11 is 0. The fourth-order valence-corrected chi connectivity index (χ4v) is 1.26. The first-order chi connectivity index (χ1) is 8.08. The summed E-state index contributed by atoms with van der Waals surface area (Å²) in [5.41, 5.74) is 1.09. The van der Waals surface area contributed by atoms with E-state index in [1.165, 1.54) is 0 Å². The number of aryl methyl sites for hydroxylation is 1.